The molecule has 3 rings (SSSR count). The van der Waals surface area contributed by atoms with Crippen LogP contribution in [0.25, 0.3) is 0 Å². The van der Waals surface area contributed by atoms with Crippen molar-refractivity contribution in [3.63, 3.8) is 0 Å². The van der Waals surface area contributed by atoms with Gasteiger partial charge >= 0.3 is 42.2 Å². The molecule has 3 heterocycles. The fourth-order valence-electron chi connectivity index (χ4n) is 3.13. The fourth-order valence-corrected chi connectivity index (χ4v) is 3.13. The van der Waals surface area contributed by atoms with E-state index in [1.807, 2.05) is 41.5 Å². The van der Waals surface area contributed by atoms with Gasteiger partial charge in [-0.2, -0.15) is 0 Å². The van der Waals surface area contributed by atoms with E-state index in [4.69, 9.17) is 28.8 Å². The summed E-state index contributed by atoms with van der Waals surface area (Å²) in [5.41, 5.74) is 10.5. The van der Waals surface area contributed by atoms with Crippen molar-refractivity contribution < 1.29 is 13.5 Å². The molecule has 0 aliphatic heterocycles. The van der Waals surface area contributed by atoms with Gasteiger partial charge in [0.25, 0.3) is 0 Å². The van der Waals surface area contributed by atoms with Gasteiger partial charge in [0.2, 0.25) is 0 Å². The molecule has 0 amide bonds. The Morgan fingerprint density at radius 3 is 0.645 bits per heavy atom. The second-order valence-electron chi connectivity index (χ2n) is 7.42. The maximum atomic E-state index is 4.97. The monoisotopic (exact) mass is 661 g/mol. The molecule has 174 valence electrons. The molecular weight excluding hydrogens is 629 g/mol. The summed E-state index contributed by atoms with van der Waals surface area (Å²) in [6.45, 7) is 18.3. The Bertz CT molecular complexity index is 675. The molecule has 0 saturated heterocycles. The van der Waals surface area contributed by atoms with E-state index in [0.717, 1.165) is 34.2 Å². The Morgan fingerprint density at radius 2 is 0.548 bits per heavy atom. The first-order valence-electron chi connectivity index (χ1n) is 9.68. The summed E-state index contributed by atoms with van der Waals surface area (Å²) in [6.07, 6.45) is 0. The number of hydrogen-bond acceptors (Lipinski definition) is 3. The van der Waals surface area contributed by atoms with Crippen molar-refractivity contribution in [1.29, 1.82) is 0 Å². The zero-order chi connectivity index (χ0) is 24.1. The summed E-state index contributed by atoms with van der Waals surface area (Å²) >= 11 is -1.92. The molecule has 31 heavy (non-hydrogen) atoms. The number of pyridine rings is 3. The van der Waals surface area contributed by atoms with E-state index in [1.54, 1.807) is 0 Å². The van der Waals surface area contributed by atoms with Crippen molar-refractivity contribution in [2.45, 2.75) is 62.3 Å². The molecule has 0 spiro atoms. The van der Waals surface area contributed by atoms with Gasteiger partial charge in [-0.3, -0.25) is 15.0 Å². The summed E-state index contributed by atoms with van der Waals surface area (Å²) in [7, 11) is 14.9. The second-order valence-corrected chi connectivity index (χ2v) is 17.8. The van der Waals surface area contributed by atoms with E-state index >= 15 is 0 Å². The van der Waals surface area contributed by atoms with Gasteiger partial charge in [0.05, 0.1) is 0 Å². The van der Waals surface area contributed by atoms with Gasteiger partial charge in [0.15, 0.2) is 0 Å². The quantitative estimate of drug-likeness (QED) is 0.245. The third-order valence-corrected chi connectivity index (χ3v) is 3.68. The predicted molar refractivity (Wildman–Crippen MR) is 133 cm³/mol. The standard InChI is InChI=1S/3C8H11N.3ClH.Ir/c3*1-6-4-7(2)9-8(3)5-6;;;;/h3*4-5H,1-3H3;3*1H;/q;;;;;;+3/p-3. The molecule has 7 heteroatoms. The first-order valence-corrected chi connectivity index (χ1v) is 18.6. The van der Waals surface area contributed by atoms with Crippen LogP contribution in [0.15, 0.2) is 36.4 Å². The van der Waals surface area contributed by atoms with Crippen molar-refractivity contribution in [3.8, 4) is 0 Å². The second kappa shape index (κ2) is 15.7. The van der Waals surface area contributed by atoms with Gasteiger partial charge in [-0.15, -0.1) is 0 Å². The van der Waals surface area contributed by atoms with Gasteiger partial charge in [0, 0.05) is 34.2 Å². The molecule has 0 aliphatic carbocycles. The Morgan fingerprint density at radius 1 is 0.419 bits per heavy atom. The Balaban J connectivity index is 0.000000402. The number of hydrogen-bond donors (Lipinski definition) is 0. The average Bonchev–Trinajstić information content (AvgIpc) is 2.51. The molecule has 0 unspecified atom stereocenters. The number of aryl methyl sites for hydroxylation is 9. The Labute approximate surface area is 205 Å². The summed E-state index contributed by atoms with van der Waals surface area (Å²) in [5.74, 6) is 0. The first kappa shape index (κ1) is 30.0. The van der Waals surface area contributed by atoms with Gasteiger partial charge in [-0.25, -0.2) is 0 Å². The van der Waals surface area contributed by atoms with E-state index in [9.17, 15) is 0 Å². The molecule has 0 fully saturated rings. The predicted octanol–water partition coefficient (Wildman–Crippen LogP) is 8.09. The van der Waals surface area contributed by atoms with Crippen LogP contribution < -0.4 is 0 Å². The van der Waals surface area contributed by atoms with Crippen molar-refractivity contribution in [2.24, 2.45) is 0 Å². The molecule has 0 N–H and O–H groups in total. The van der Waals surface area contributed by atoms with Crippen LogP contribution in [0, 0.1) is 62.3 Å². The fraction of sp³-hybridized carbons (Fsp3) is 0.375. The van der Waals surface area contributed by atoms with Crippen LogP contribution in [-0.4, -0.2) is 15.0 Å². The van der Waals surface area contributed by atoms with Gasteiger partial charge in [0.1, 0.15) is 0 Å². The molecule has 0 aliphatic rings. The van der Waals surface area contributed by atoms with Crippen molar-refractivity contribution in [3.05, 3.63) is 87.3 Å². The summed E-state index contributed by atoms with van der Waals surface area (Å²) in [5, 5.41) is 0. The van der Waals surface area contributed by atoms with E-state index in [1.165, 1.54) is 16.7 Å². The van der Waals surface area contributed by atoms with Crippen LogP contribution >= 0.6 is 28.8 Å². The number of rotatable bonds is 0. The SMILES string of the molecule is Cc1cc(C)nc(C)c1.Cc1cc(C)nc(C)c1.Cc1cc(C)nc(C)c1.[Cl][Ir]([Cl])[Cl]. The molecular formula is C24H33Cl3IrN3. The van der Waals surface area contributed by atoms with E-state index in [0.29, 0.717) is 0 Å². The normalized spacial score (nSPS) is 9.87. The zero-order valence-electron chi connectivity index (χ0n) is 19.8. The molecule has 3 aromatic rings. The summed E-state index contributed by atoms with van der Waals surface area (Å²) in [6, 6.07) is 12.5. The summed E-state index contributed by atoms with van der Waals surface area (Å²) < 4.78 is 0. The van der Waals surface area contributed by atoms with E-state index in [-0.39, 0.29) is 0 Å². The van der Waals surface area contributed by atoms with Crippen LogP contribution in [-0.2, 0) is 13.5 Å². The first-order chi connectivity index (χ1) is 14.3. The maximum absolute atomic E-state index is 4.97. The molecule has 0 radical (unpaired) electrons. The van der Waals surface area contributed by atoms with Crippen molar-refractivity contribution in [2.75, 3.05) is 0 Å². The number of aromatic nitrogens is 3. The van der Waals surface area contributed by atoms with Gasteiger partial charge < -0.3 is 0 Å². The topological polar surface area (TPSA) is 38.7 Å². The minimum absolute atomic E-state index is 1.10. The molecule has 3 nitrogen and oxygen atoms in total. The molecule has 0 aromatic carbocycles. The van der Waals surface area contributed by atoms with Crippen LogP contribution in [0.1, 0.15) is 50.9 Å². The average molecular weight is 662 g/mol. The molecule has 0 bridgehead atoms. The van der Waals surface area contributed by atoms with E-state index < -0.39 is 13.5 Å². The molecule has 3 aromatic heterocycles. The third-order valence-electron chi connectivity index (χ3n) is 3.68. The van der Waals surface area contributed by atoms with Crippen LogP contribution in [0.3, 0.4) is 0 Å². The van der Waals surface area contributed by atoms with Crippen molar-refractivity contribution >= 4 is 28.8 Å². The minimum atomic E-state index is -1.92. The van der Waals surface area contributed by atoms with Crippen LogP contribution in [0.5, 0.6) is 0 Å². The van der Waals surface area contributed by atoms with Gasteiger partial charge in [-0.1, -0.05) is 0 Å². The Hall–Kier alpha value is -1.03. The third kappa shape index (κ3) is 17.2. The number of nitrogens with zero attached hydrogens (tertiary/aromatic N) is 3. The summed E-state index contributed by atoms with van der Waals surface area (Å²) in [4.78, 5) is 12.7. The van der Waals surface area contributed by atoms with Crippen molar-refractivity contribution in [1.82, 2.24) is 15.0 Å². The Kier molecular flexibility index (Phi) is 15.2. The molecule has 0 saturated carbocycles. The zero-order valence-corrected chi connectivity index (χ0v) is 24.4. The van der Waals surface area contributed by atoms with E-state index in [2.05, 4.69) is 72.1 Å². The van der Waals surface area contributed by atoms with Crippen LogP contribution in [0.2, 0.25) is 0 Å². The molecule has 0 atom stereocenters. The van der Waals surface area contributed by atoms with Gasteiger partial charge in [-0.05, 0) is 115 Å². The van der Waals surface area contributed by atoms with Crippen LogP contribution in [0.4, 0.5) is 0 Å². The number of halogens is 3.